The Morgan fingerprint density at radius 1 is 0.818 bits per heavy atom. The minimum Gasteiger partial charge on any atom is -0.324 e. The Bertz CT molecular complexity index is 1360. The maximum atomic E-state index is 15.0. The standard InChI is InChI=1S/C25H16F2N6/c1-33(23-10-11-30-25(32-23)31-20-8-4-17(15-29)5-9-20)24-21(26)12-19(13-22(24)27)18-6-2-16(14-28)3-7-18/h2-13H,1H3,(H,30,31,32). The summed E-state index contributed by atoms with van der Waals surface area (Å²) in [7, 11) is 1.51. The first-order valence-corrected chi connectivity index (χ1v) is 9.82. The van der Waals surface area contributed by atoms with Crippen molar-refractivity contribution in [1.29, 1.82) is 10.5 Å². The number of anilines is 4. The molecule has 1 N–H and O–H groups in total. The van der Waals surface area contributed by atoms with Crippen molar-refractivity contribution in [2.24, 2.45) is 0 Å². The Morgan fingerprint density at radius 3 is 1.97 bits per heavy atom. The Kier molecular flexibility index (Phi) is 5.92. The first-order valence-electron chi connectivity index (χ1n) is 9.82. The lowest BCUT2D eigenvalue weighted by Gasteiger charge is -2.21. The lowest BCUT2D eigenvalue weighted by Crippen LogP contribution is -2.15. The van der Waals surface area contributed by atoms with Crippen molar-refractivity contribution in [3.63, 3.8) is 0 Å². The molecule has 0 saturated heterocycles. The summed E-state index contributed by atoms with van der Waals surface area (Å²) >= 11 is 0. The summed E-state index contributed by atoms with van der Waals surface area (Å²) in [6, 6.07) is 21.3. The van der Waals surface area contributed by atoms with Gasteiger partial charge in [0.1, 0.15) is 11.5 Å². The first-order chi connectivity index (χ1) is 16.0. The minimum absolute atomic E-state index is 0.235. The molecule has 1 aromatic heterocycles. The molecule has 1 heterocycles. The second kappa shape index (κ2) is 9.13. The molecular formula is C25H16F2N6. The van der Waals surface area contributed by atoms with E-state index in [0.717, 1.165) is 0 Å². The van der Waals surface area contributed by atoms with Gasteiger partial charge in [-0.25, -0.2) is 13.8 Å². The Hall–Kier alpha value is -4.82. The Morgan fingerprint density at radius 2 is 1.39 bits per heavy atom. The predicted molar refractivity (Wildman–Crippen MR) is 121 cm³/mol. The number of nitrogens with one attached hydrogen (secondary N) is 1. The van der Waals surface area contributed by atoms with Crippen molar-refractivity contribution < 1.29 is 8.78 Å². The molecule has 0 bridgehead atoms. The van der Waals surface area contributed by atoms with Crippen LogP contribution in [0, 0.1) is 34.3 Å². The van der Waals surface area contributed by atoms with Gasteiger partial charge in [0.15, 0.2) is 11.6 Å². The molecule has 0 unspecified atom stereocenters. The molecule has 0 spiro atoms. The van der Waals surface area contributed by atoms with E-state index in [2.05, 4.69) is 15.3 Å². The quantitative estimate of drug-likeness (QED) is 0.431. The van der Waals surface area contributed by atoms with E-state index in [4.69, 9.17) is 10.5 Å². The van der Waals surface area contributed by atoms with Gasteiger partial charge < -0.3 is 10.2 Å². The van der Waals surface area contributed by atoms with E-state index in [1.54, 1.807) is 48.5 Å². The van der Waals surface area contributed by atoms with Crippen LogP contribution >= 0.6 is 0 Å². The number of nitrogens with zero attached hydrogens (tertiary/aromatic N) is 5. The van der Waals surface area contributed by atoms with Crippen molar-refractivity contribution in [2.75, 3.05) is 17.3 Å². The average molecular weight is 438 g/mol. The van der Waals surface area contributed by atoms with Gasteiger partial charge in [-0.2, -0.15) is 15.5 Å². The molecule has 160 valence electrons. The van der Waals surface area contributed by atoms with Gasteiger partial charge in [-0.3, -0.25) is 0 Å². The van der Waals surface area contributed by atoms with Crippen LogP contribution in [0.4, 0.5) is 31.9 Å². The summed E-state index contributed by atoms with van der Waals surface area (Å²) in [4.78, 5) is 9.79. The zero-order valence-electron chi connectivity index (χ0n) is 17.4. The van der Waals surface area contributed by atoms with Crippen LogP contribution < -0.4 is 10.2 Å². The van der Waals surface area contributed by atoms with Gasteiger partial charge in [-0.15, -0.1) is 0 Å². The molecule has 3 aromatic carbocycles. The molecule has 0 amide bonds. The summed E-state index contributed by atoms with van der Waals surface area (Å²) < 4.78 is 30.0. The number of halogens is 2. The molecule has 8 heteroatoms. The van der Waals surface area contributed by atoms with Crippen LogP contribution in [-0.2, 0) is 0 Å². The first kappa shape index (κ1) is 21.4. The van der Waals surface area contributed by atoms with Gasteiger partial charge in [0.05, 0.1) is 23.3 Å². The van der Waals surface area contributed by atoms with Crippen molar-refractivity contribution in [1.82, 2.24) is 9.97 Å². The van der Waals surface area contributed by atoms with Crippen LogP contribution in [0.1, 0.15) is 11.1 Å². The molecule has 6 nitrogen and oxygen atoms in total. The van der Waals surface area contributed by atoms with Crippen LogP contribution in [0.15, 0.2) is 72.9 Å². The smallest absolute Gasteiger partial charge is 0.229 e. The second-order valence-corrected chi connectivity index (χ2v) is 7.09. The van der Waals surface area contributed by atoms with Crippen LogP contribution in [-0.4, -0.2) is 17.0 Å². The zero-order chi connectivity index (χ0) is 23.4. The van der Waals surface area contributed by atoms with Crippen molar-refractivity contribution in [2.45, 2.75) is 0 Å². The molecule has 0 aliphatic carbocycles. The maximum absolute atomic E-state index is 15.0. The van der Waals surface area contributed by atoms with Crippen LogP contribution in [0.2, 0.25) is 0 Å². The minimum atomic E-state index is -0.753. The van der Waals surface area contributed by atoms with Gasteiger partial charge >= 0.3 is 0 Å². The SMILES string of the molecule is CN(c1ccnc(Nc2ccc(C#N)cc2)n1)c1c(F)cc(-c2ccc(C#N)cc2)cc1F. The fourth-order valence-corrected chi connectivity index (χ4v) is 3.26. The number of hydrogen-bond donors (Lipinski definition) is 1. The van der Waals surface area contributed by atoms with Crippen molar-refractivity contribution in [3.8, 4) is 23.3 Å². The van der Waals surface area contributed by atoms with Gasteiger partial charge in [-0.1, -0.05) is 12.1 Å². The van der Waals surface area contributed by atoms with Gasteiger partial charge in [-0.05, 0) is 65.7 Å². The highest BCUT2D eigenvalue weighted by Gasteiger charge is 2.19. The monoisotopic (exact) mass is 438 g/mol. The largest absolute Gasteiger partial charge is 0.324 e. The number of aromatic nitrogens is 2. The third-order valence-electron chi connectivity index (χ3n) is 4.95. The number of hydrogen-bond acceptors (Lipinski definition) is 6. The molecule has 0 fully saturated rings. The highest BCUT2D eigenvalue weighted by Crippen LogP contribution is 2.32. The van der Waals surface area contributed by atoms with Crippen LogP contribution in [0.3, 0.4) is 0 Å². The number of rotatable bonds is 5. The lowest BCUT2D eigenvalue weighted by molar-refractivity contribution is 0.584. The molecular weight excluding hydrogens is 422 g/mol. The topological polar surface area (TPSA) is 88.6 Å². The normalized spacial score (nSPS) is 10.2. The van der Waals surface area contributed by atoms with Gasteiger partial charge in [0.25, 0.3) is 0 Å². The zero-order valence-corrected chi connectivity index (χ0v) is 17.4. The molecule has 0 saturated carbocycles. The Labute approximate surface area is 189 Å². The van der Waals surface area contributed by atoms with E-state index in [1.165, 1.54) is 36.3 Å². The fraction of sp³-hybridized carbons (Fsp3) is 0.0400. The van der Waals surface area contributed by atoms with E-state index in [-0.39, 0.29) is 17.5 Å². The molecule has 33 heavy (non-hydrogen) atoms. The molecule has 0 aliphatic heterocycles. The summed E-state index contributed by atoms with van der Waals surface area (Å²) in [6.07, 6.45) is 1.48. The van der Waals surface area contributed by atoms with Crippen molar-refractivity contribution in [3.05, 3.63) is 95.7 Å². The summed E-state index contributed by atoms with van der Waals surface area (Å²) in [5, 5.41) is 20.8. The maximum Gasteiger partial charge on any atom is 0.229 e. The fourth-order valence-electron chi connectivity index (χ4n) is 3.26. The summed E-state index contributed by atoms with van der Waals surface area (Å²) in [5.74, 6) is -0.988. The summed E-state index contributed by atoms with van der Waals surface area (Å²) in [6.45, 7) is 0. The molecule has 4 aromatic rings. The van der Waals surface area contributed by atoms with E-state index < -0.39 is 11.6 Å². The third kappa shape index (κ3) is 4.60. The van der Waals surface area contributed by atoms with Crippen LogP contribution in [0.25, 0.3) is 11.1 Å². The molecule has 0 atom stereocenters. The van der Waals surface area contributed by atoms with Gasteiger partial charge in [0.2, 0.25) is 5.95 Å². The number of benzene rings is 3. The van der Waals surface area contributed by atoms with E-state index >= 15 is 0 Å². The average Bonchev–Trinajstić information content (AvgIpc) is 2.84. The predicted octanol–water partition coefficient (Wildman–Crippen LogP) is 5.68. The molecule has 0 radical (unpaired) electrons. The molecule has 0 aliphatic rings. The molecule has 4 rings (SSSR count). The van der Waals surface area contributed by atoms with E-state index in [9.17, 15) is 8.78 Å². The third-order valence-corrected chi connectivity index (χ3v) is 4.95. The van der Waals surface area contributed by atoms with E-state index in [0.29, 0.717) is 27.9 Å². The second-order valence-electron chi connectivity index (χ2n) is 7.09. The van der Waals surface area contributed by atoms with Crippen LogP contribution in [0.5, 0.6) is 0 Å². The van der Waals surface area contributed by atoms with Gasteiger partial charge in [0, 0.05) is 18.9 Å². The highest BCUT2D eigenvalue weighted by molar-refractivity contribution is 5.70. The van der Waals surface area contributed by atoms with E-state index in [1.807, 2.05) is 12.1 Å². The highest BCUT2D eigenvalue weighted by atomic mass is 19.1. The summed E-state index contributed by atoms with van der Waals surface area (Å²) in [5.41, 5.74) is 2.35. The van der Waals surface area contributed by atoms with Crippen molar-refractivity contribution >= 4 is 23.1 Å². The Balaban J connectivity index is 1.60. The lowest BCUT2D eigenvalue weighted by atomic mass is 10.0. The number of nitriles is 2.